The second kappa shape index (κ2) is 10.3. The Morgan fingerprint density at radius 3 is 0.839 bits per heavy atom. The van der Waals surface area contributed by atoms with Gasteiger partial charge in [0.25, 0.3) is 0 Å². The van der Waals surface area contributed by atoms with Gasteiger partial charge in [0, 0.05) is 0 Å². The monoisotopic (exact) mass is 628 g/mol. The van der Waals surface area contributed by atoms with Gasteiger partial charge in [0.1, 0.15) is 0 Å². The first-order valence-electron chi connectivity index (χ1n) is 10.7. The van der Waals surface area contributed by atoms with Crippen LogP contribution in [0.1, 0.15) is 6.42 Å². The van der Waals surface area contributed by atoms with Crippen LogP contribution >= 0.6 is 0 Å². The van der Waals surface area contributed by atoms with E-state index in [9.17, 15) is 0 Å². The van der Waals surface area contributed by atoms with Crippen LogP contribution < -0.4 is 14.3 Å². The van der Waals surface area contributed by atoms with Crippen LogP contribution in [-0.4, -0.2) is 37.9 Å². The van der Waals surface area contributed by atoms with Crippen LogP contribution in [0.4, 0.5) is 5.73 Å². The Morgan fingerprint density at radius 1 is 0.387 bits per heavy atom. The molecule has 4 aromatic rings. The molecule has 0 radical (unpaired) electrons. The fraction of sp³-hybridized carbons (Fsp3) is 0.111. The van der Waals surface area contributed by atoms with E-state index >= 15 is 5.73 Å². The number of halogens is 2. The van der Waals surface area contributed by atoms with Crippen molar-refractivity contribution in [3.05, 3.63) is 121 Å². The van der Waals surface area contributed by atoms with Crippen LogP contribution in [0.2, 0.25) is 8.87 Å². The third-order valence-electron chi connectivity index (χ3n) is 5.97. The number of hydrogen-bond donors (Lipinski definition) is 0. The van der Waals surface area contributed by atoms with Gasteiger partial charge in [-0.15, -0.1) is 0 Å². The predicted octanol–water partition coefficient (Wildman–Crippen LogP) is 4.84. The summed E-state index contributed by atoms with van der Waals surface area (Å²) in [6, 6.07) is 38.4. The first-order valence-corrected chi connectivity index (χ1v) is 22.6. The van der Waals surface area contributed by atoms with Crippen molar-refractivity contribution < 1.29 is 5.73 Å². The van der Waals surface area contributed by atoms with E-state index in [0.29, 0.717) is 15.3 Å². The molecule has 31 heavy (non-hydrogen) atoms. The quantitative estimate of drug-likeness (QED) is 0.246. The van der Waals surface area contributed by atoms with Gasteiger partial charge in [-0.3, -0.25) is 0 Å². The molecule has 4 rings (SSSR count). The third kappa shape index (κ3) is 5.06. The van der Waals surface area contributed by atoms with Gasteiger partial charge in [0.05, 0.1) is 0 Å². The molecule has 0 saturated heterocycles. The first-order chi connectivity index (χ1) is 15.1. The van der Waals surface area contributed by atoms with E-state index in [-0.39, 0.29) is 0 Å². The topological polar surface area (TPSA) is 0 Å². The van der Waals surface area contributed by atoms with Crippen LogP contribution in [0.3, 0.4) is 0 Å². The van der Waals surface area contributed by atoms with Gasteiger partial charge in [-0.1, -0.05) is 0 Å². The zero-order valence-corrected chi connectivity index (χ0v) is 23.1. The molecule has 0 nitrogen and oxygen atoms in total. The molecule has 156 valence electrons. The van der Waals surface area contributed by atoms with Gasteiger partial charge in [-0.2, -0.15) is 0 Å². The van der Waals surface area contributed by atoms with Crippen LogP contribution in [-0.2, 0) is 0 Å². The normalized spacial score (nSPS) is 11.9. The zero-order valence-electron chi connectivity index (χ0n) is 17.4. The fourth-order valence-corrected chi connectivity index (χ4v) is 24.4. The van der Waals surface area contributed by atoms with Crippen molar-refractivity contribution >= 4 is 52.2 Å². The number of benzene rings is 4. The molecule has 4 heteroatoms. The van der Waals surface area contributed by atoms with Gasteiger partial charge in [0.15, 0.2) is 0 Å². The predicted molar refractivity (Wildman–Crippen MR) is 132 cm³/mol. The molecule has 0 aliphatic heterocycles. The molecule has 0 N–H and O–H groups in total. The third-order valence-corrected chi connectivity index (χ3v) is 26.2. The van der Waals surface area contributed by atoms with Crippen LogP contribution in [0.25, 0.3) is 0 Å². The summed E-state index contributed by atoms with van der Waals surface area (Å²) in [4.78, 5) is 0. The maximum absolute atomic E-state index is 16.7. The summed E-state index contributed by atoms with van der Waals surface area (Å²) in [5.74, 6) is 0. The van der Waals surface area contributed by atoms with Crippen LogP contribution in [0.5, 0.6) is 0 Å². The molecule has 0 spiro atoms. The molecule has 0 amide bonds. The number of hydrogen-bond acceptors (Lipinski definition) is 0. The summed E-state index contributed by atoms with van der Waals surface area (Å²) < 4.78 is 37.8. The Morgan fingerprint density at radius 2 is 0.613 bits per heavy atom. The minimum atomic E-state index is -4.36. The van der Waals surface area contributed by atoms with Gasteiger partial charge >= 0.3 is 195 Å². The molecule has 0 saturated carbocycles. The zero-order chi connectivity index (χ0) is 21.6. The van der Waals surface area contributed by atoms with Crippen molar-refractivity contribution in [1.29, 1.82) is 0 Å². The second-order valence-electron chi connectivity index (χ2n) is 7.92. The summed E-state index contributed by atoms with van der Waals surface area (Å²) in [5, 5.41) is 0. The molecule has 0 aromatic heterocycles. The van der Waals surface area contributed by atoms with E-state index in [0.717, 1.165) is 14.3 Å². The Hall–Kier alpha value is -1.66. The van der Waals surface area contributed by atoms with Crippen molar-refractivity contribution in [2.24, 2.45) is 0 Å². The molecule has 0 bridgehead atoms. The fourth-order valence-electron chi connectivity index (χ4n) is 4.30. The molecular formula is C27H26F2Sn2. The van der Waals surface area contributed by atoms with Crippen molar-refractivity contribution in [2.75, 3.05) is 0 Å². The SMILES string of the molecule is [F][Sn]([CH2]C[CH2][Sn]([F])([c]1ccccc1)[c]1ccccc1)([c]1ccccc1)[c]1ccccc1. The first kappa shape index (κ1) is 22.5. The summed E-state index contributed by atoms with van der Waals surface area (Å²) in [6.07, 6.45) is 0.576. The minimum absolute atomic E-state index is 0.463. The van der Waals surface area contributed by atoms with Crippen molar-refractivity contribution in [1.82, 2.24) is 0 Å². The molecule has 0 unspecified atom stereocenters. The Kier molecular flexibility index (Phi) is 7.49. The molecule has 0 atom stereocenters. The summed E-state index contributed by atoms with van der Waals surface area (Å²) in [6.45, 7) is 0. The van der Waals surface area contributed by atoms with Gasteiger partial charge in [-0.05, 0) is 0 Å². The van der Waals surface area contributed by atoms with E-state index in [4.69, 9.17) is 0 Å². The summed E-state index contributed by atoms with van der Waals surface area (Å²) in [5.41, 5.74) is 0. The number of rotatable bonds is 8. The Bertz CT molecular complexity index is 903. The van der Waals surface area contributed by atoms with E-state index in [1.165, 1.54) is 0 Å². The molecular weight excluding hydrogens is 600 g/mol. The van der Waals surface area contributed by atoms with Crippen molar-refractivity contribution in [3.63, 3.8) is 0 Å². The molecule has 4 aromatic carbocycles. The average Bonchev–Trinajstić information content (AvgIpc) is 2.86. The molecule has 0 fully saturated rings. The van der Waals surface area contributed by atoms with Gasteiger partial charge in [-0.25, -0.2) is 0 Å². The van der Waals surface area contributed by atoms with E-state index in [1.807, 2.05) is 121 Å². The molecule has 0 heterocycles. The summed E-state index contributed by atoms with van der Waals surface area (Å²) in [7, 11) is 0. The average molecular weight is 626 g/mol. The van der Waals surface area contributed by atoms with Gasteiger partial charge in [0.2, 0.25) is 0 Å². The standard InChI is InChI=1S/4C6H5.C3H6.2FH.2Sn/c4*1-2-4-6-5-3-1;1-3-2;;;;/h4*1-5H;1-3H2;2*1H;;/q;;;;;;;2*+1/p-2. The molecule has 0 aliphatic carbocycles. The Labute approximate surface area is 193 Å². The van der Waals surface area contributed by atoms with E-state index in [1.54, 1.807) is 0 Å². The molecule has 0 aliphatic rings. The summed E-state index contributed by atoms with van der Waals surface area (Å²) >= 11 is -8.72. The van der Waals surface area contributed by atoms with E-state index in [2.05, 4.69) is 0 Å². The van der Waals surface area contributed by atoms with Crippen molar-refractivity contribution in [2.45, 2.75) is 15.3 Å². The maximum atomic E-state index is 16.7. The van der Waals surface area contributed by atoms with Gasteiger partial charge < -0.3 is 0 Å². The Balaban J connectivity index is 1.64. The van der Waals surface area contributed by atoms with E-state index < -0.39 is 37.9 Å². The van der Waals surface area contributed by atoms with Crippen LogP contribution in [0, 0.1) is 0 Å². The van der Waals surface area contributed by atoms with Crippen LogP contribution in [0.15, 0.2) is 121 Å². The second-order valence-corrected chi connectivity index (χ2v) is 26.5. The van der Waals surface area contributed by atoms with Crippen molar-refractivity contribution in [3.8, 4) is 0 Å².